The Morgan fingerprint density at radius 2 is 1.93 bits per heavy atom. The number of fused-ring (bicyclic) bond motifs is 1. The lowest BCUT2D eigenvalue weighted by molar-refractivity contribution is 0.0451. The van der Waals surface area contributed by atoms with E-state index in [4.69, 9.17) is 9.26 Å². The van der Waals surface area contributed by atoms with E-state index in [1.165, 1.54) is 10.7 Å². The molecule has 1 fully saturated rings. The third-order valence-corrected chi connectivity index (χ3v) is 5.86. The van der Waals surface area contributed by atoms with Crippen LogP contribution in [-0.4, -0.2) is 45.9 Å². The van der Waals surface area contributed by atoms with E-state index < -0.39 is 0 Å². The SMILES string of the molecule is COc1ccccc1-c1ccc(=O)n(C2CN(C(=O)c3onc4c3CCCC4)C2)n1. The topological polar surface area (TPSA) is 90.5 Å². The number of methoxy groups -OCH3 is 1. The number of hydrogen-bond acceptors (Lipinski definition) is 6. The highest BCUT2D eigenvalue weighted by atomic mass is 16.5. The molecule has 0 unspecified atom stereocenters. The summed E-state index contributed by atoms with van der Waals surface area (Å²) < 4.78 is 12.2. The quantitative estimate of drug-likeness (QED) is 0.661. The lowest BCUT2D eigenvalue weighted by Gasteiger charge is -2.38. The van der Waals surface area contributed by atoms with Gasteiger partial charge in [0.25, 0.3) is 11.5 Å². The fourth-order valence-electron chi connectivity index (χ4n) is 4.16. The van der Waals surface area contributed by atoms with Crippen molar-refractivity contribution in [2.24, 2.45) is 0 Å². The van der Waals surface area contributed by atoms with Crippen molar-refractivity contribution in [3.05, 3.63) is 63.8 Å². The van der Waals surface area contributed by atoms with Crippen LogP contribution in [0.4, 0.5) is 0 Å². The van der Waals surface area contributed by atoms with Gasteiger partial charge in [0.1, 0.15) is 5.75 Å². The highest BCUT2D eigenvalue weighted by Crippen LogP contribution is 2.30. The summed E-state index contributed by atoms with van der Waals surface area (Å²) in [6.45, 7) is 0.827. The Kier molecular flexibility index (Phi) is 4.61. The van der Waals surface area contributed by atoms with Crippen LogP contribution in [0.1, 0.15) is 40.7 Å². The molecule has 1 aliphatic carbocycles. The number of amides is 1. The number of nitrogens with zero attached hydrogens (tertiary/aromatic N) is 4. The van der Waals surface area contributed by atoms with E-state index in [2.05, 4.69) is 10.3 Å². The summed E-state index contributed by atoms with van der Waals surface area (Å²) >= 11 is 0. The molecule has 0 saturated carbocycles. The maximum Gasteiger partial charge on any atom is 0.292 e. The zero-order valence-electron chi connectivity index (χ0n) is 16.7. The molecule has 0 bridgehead atoms. The summed E-state index contributed by atoms with van der Waals surface area (Å²) in [5.74, 6) is 0.887. The van der Waals surface area contributed by atoms with Crippen LogP contribution in [0, 0.1) is 0 Å². The van der Waals surface area contributed by atoms with Gasteiger partial charge in [-0.2, -0.15) is 5.10 Å². The molecule has 154 valence electrons. The highest BCUT2D eigenvalue weighted by molar-refractivity contribution is 5.93. The van der Waals surface area contributed by atoms with E-state index in [0.29, 0.717) is 30.3 Å². The van der Waals surface area contributed by atoms with E-state index in [1.54, 1.807) is 18.1 Å². The molecule has 0 spiro atoms. The van der Waals surface area contributed by atoms with E-state index >= 15 is 0 Å². The van der Waals surface area contributed by atoms with Crippen LogP contribution in [0.5, 0.6) is 5.75 Å². The van der Waals surface area contributed by atoms with Gasteiger partial charge < -0.3 is 14.2 Å². The monoisotopic (exact) mass is 406 g/mol. The van der Waals surface area contributed by atoms with Gasteiger partial charge in [-0.15, -0.1) is 0 Å². The van der Waals surface area contributed by atoms with Crippen LogP contribution in [-0.2, 0) is 12.8 Å². The first-order chi connectivity index (χ1) is 14.7. The standard InChI is InChI=1S/C22H22N4O4/c1-29-19-9-5-3-6-15(19)17-10-11-20(27)26(23-17)14-12-25(13-14)22(28)21-16-7-2-4-8-18(16)24-30-21/h3,5-6,9-11,14H,2,4,7-8,12-13H2,1H3. The van der Waals surface area contributed by atoms with Gasteiger partial charge >= 0.3 is 0 Å². The lowest BCUT2D eigenvalue weighted by Crippen LogP contribution is -2.53. The van der Waals surface area contributed by atoms with Crippen molar-refractivity contribution >= 4 is 5.91 Å². The Balaban J connectivity index is 1.35. The number of hydrogen-bond donors (Lipinski definition) is 0. The number of aromatic nitrogens is 3. The summed E-state index contributed by atoms with van der Waals surface area (Å²) in [7, 11) is 1.60. The van der Waals surface area contributed by atoms with Gasteiger partial charge in [-0.3, -0.25) is 9.59 Å². The molecule has 0 atom stereocenters. The predicted molar refractivity (Wildman–Crippen MR) is 109 cm³/mol. The summed E-state index contributed by atoms with van der Waals surface area (Å²) in [5, 5.41) is 8.62. The van der Waals surface area contributed by atoms with Crippen LogP contribution >= 0.6 is 0 Å². The van der Waals surface area contributed by atoms with Crippen molar-refractivity contribution in [1.29, 1.82) is 0 Å². The number of carbonyl (C=O) groups is 1. The first kappa shape index (κ1) is 18.6. The van der Waals surface area contributed by atoms with Crippen molar-refractivity contribution in [3.63, 3.8) is 0 Å². The molecular formula is C22H22N4O4. The van der Waals surface area contributed by atoms with E-state index in [9.17, 15) is 9.59 Å². The minimum Gasteiger partial charge on any atom is -0.496 e. The maximum atomic E-state index is 12.9. The van der Waals surface area contributed by atoms with Crippen LogP contribution in [0.15, 0.2) is 45.7 Å². The number of carbonyl (C=O) groups excluding carboxylic acids is 1. The number of ether oxygens (including phenoxy) is 1. The fourth-order valence-corrected chi connectivity index (χ4v) is 4.16. The van der Waals surface area contributed by atoms with Crippen molar-refractivity contribution in [2.45, 2.75) is 31.7 Å². The Morgan fingerprint density at radius 3 is 2.77 bits per heavy atom. The Morgan fingerprint density at radius 1 is 1.13 bits per heavy atom. The second kappa shape index (κ2) is 7.44. The smallest absolute Gasteiger partial charge is 0.292 e. The molecule has 5 rings (SSSR count). The Labute approximate surface area is 173 Å². The second-order valence-corrected chi connectivity index (χ2v) is 7.71. The van der Waals surface area contributed by atoms with E-state index in [1.807, 2.05) is 24.3 Å². The number of likely N-dealkylation sites (tertiary alicyclic amines) is 1. The molecule has 1 saturated heterocycles. The molecule has 0 radical (unpaired) electrons. The van der Waals surface area contributed by atoms with E-state index in [-0.39, 0.29) is 17.5 Å². The second-order valence-electron chi connectivity index (χ2n) is 7.71. The fraction of sp³-hybridized carbons (Fsp3) is 0.364. The third-order valence-electron chi connectivity index (χ3n) is 5.86. The Bertz CT molecular complexity index is 1160. The summed E-state index contributed by atoms with van der Waals surface area (Å²) in [6.07, 6.45) is 3.82. The van der Waals surface area contributed by atoms with Gasteiger partial charge in [0.15, 0.2) is 0 Å². The van der Waals surface area contributed by atoms with Gasteiger partial charge in [-0.25, -0.2) is 4.68 Å². The largest absolute Gasteiger partial charge is 0.496 e. The van der Waals surface area contributed by atoms with Crippen molar-refractivity contribution in [2.75, 3.05) is 20.2 Å². The third kappa shape index (κ3) is 3.08. The average Bonchev–Trinajstić information content (AvgIpc) is 3.18. The van der Waals surface area contributed by atoms with Crippen molar-refractivity contribution in [3.8, 4) is 17.0 Å². The number of aryl methyl sites for hydroxylation is 1. The molecule has 3 heterocycles. The van der Waals surface area contributed by atoms with Crippen LogP contribution in [0.25, 0.3) is 11.3 Å². The minimum atomic E-state index is -0.192. The minimum absolute atomic E-state index is 0.157. The first-order valence-electron chi connectivity index (χ1n) is 10.2. The molecule has 2 aromatic heterocycles. The number of rotatable bonds is 4. The van der Waals surface area contributed by atoms with Crippen molar-refractivity contribution < 1.29 is 14.1 Å². The summed E-state index contributed by atoms with van der Waals surface area (Å²) in [6, 6.07) is 10.6. The van der Waals surface area contributed by atoms with Gasteiger partial charge in [0.2, 0.25) is 5.76 Å². The highest BCUT2D eigenvalue weighted by Gasteiger charge is 2.37. The molecule has 2 aliphatic rings. The molecular weight excluding hydrogens is 384 g/mol. The van der Waals surface area contributed by atoms with Crippen LogP contribution < -0.4 is 10.3 Å². The average molecular weight is 406 g/mol. The first-order valence-corrected chi connectivity index (χ1v) is 10.2. The van der Waals surface area contributed by atoms with Gasteiger partial charge in [0, 0.05) is 30.3 Å². The normalized spacial score (nSPS) is 16.1. The van der Waals surface area contributed by atoms with Crippen LogP contribution in [0.3, 0.4) is 0 Å². The molecule has 1 aliphatic heterocycles. The van der Waals surface area contributed by atoms with Crippen LogP contribution in [0.2, 0.25) is 0 Å². The molecule has 8 nitrogen and oxygen atoms in total. The van der Waals surface area contributed by atoms with Gasteiger partial charge in [-0.05, 0) is 43.9 Å². The Hall–Kier alpha value is -3.42. The molecule has 3 aromatic rings. The maximum absolute atomic E-state index is 12.9. The zero-order chi connectivity index (χ0) is 20.7. The molecule has 1 amide bonds. The van der Waals surface area contributed by atoms with Crippen molar-refractivity contribution in [1.82, 2.24) is 19.8 Å². The number of benzene rings is 1. The predicted octanol–water partition coefficient (Wildman–Crippen LogP) is 2.48. The summed E-state index contributed by atoms with van der Waals surface area (Å²) in [4.78, 5) is 27.0. The van der Waals surface area contributed by atoms with E-state index in [0.717, 1.165) is 42.5 Å². The lowest BCUT2D eigenvalue weighted by atomic mass is 9.95. The molecule has 0 N–H and O–H groups in total. The zero-order valence-corrected chi connectivity index (χ0v) is 16.7. The molecule has 8 heteroatoms. The molecule has 30 heavy (non-hydrogen) atoms. The van der Waals surface area contributed by atoms with Gasteiger partial charge in [-0.1, -0.05) is 17.3 Å². The summed E-state index contributed by atoms with van der Waals surface area (Å²) in [5.41, 5.74) is 3.13. The molecule has 1 aromatic carbocycles. The number of para-hydroxylation sites is 1. The van der Waals surface area contributed by atoms with Gasteiger partial charge in [0.05, 0.1) is 24.5 Å².